The van der Waals surface area contributed by atoms with Crippen molar-refractivity contribution in [3.8, 4) is 17.2 Å². The van der Waals surface area contributed by atoms with Crippen molar-refractivity contribution in [2.75, 3.05) is 21.3 Å². The largest absolute Gasteiger partial charge is 0.493 e. The number of fused-ring (bicyclic) bond motifs is 1. The van der Waals surface area contributed by atoms with Crippen molar-refractivity contribution in [1.29, 1.82) is 0 Å². The normalized spacial score (nSPS) is 14.4. The fourth-order valence-electron chi connectivity index (χ4n) is 5.88. The number of thiophene rings is 1. The maximum Gasteiger partial charge on any atom is 0.247 e. The van der Waals surface area contributed by atoms with Crippen LogP contribution < -0.4 is 19.5 Å². The third-order valence-corrected chi connectivity index (χ3v) is 8.89. The van der Waals surface area contributed by atoms with Crippen LogP contribution in [0.4, 0.5) is 0 Å². The van der Waals surface area contributed by atoms with Crippen LogP contribution >= 0.6 is 11.3 Å². The van der Waals surface area contributed by atoms with Crippen LogP contribution in [0.15, 0.2) is 60.1 Å². The van der Waals surface area contributed by atoms with Gasteiger partial charge in [0, 0.05) is 34.4 Å². The lowest BCUT2D eigenvalue weighted by Gasteiger charge is -2.33. The van der Waals surface area contributed by atoms with E-state index < -0.39 is 6.04 Å². The number of methoxy groups -OCH3 is 3. The third-order valence-electron chi connectivity index (χ3n) is 8.02. The Balaban J connectivity index is 1.52. The summed E-state index contributed by atoms with van der Waals surface area (Å²) in [6.07, 6.45) is 8.00. The average Bonchev–Trinajstić information content (AvgIpc) is 3.69. The van der Waals surface area contributed by atoms with E-state index in [1.807, 2.05) is 41.9 Å². The minimum Gasteiger partial charge on any atom is -0.493 e. The molecule has 0 spiro atoms. The van der Waals surface area contributed by atoms with Gasteiger partial charge in [-0.25, -0.2) is 0 Å². The molecule has 0 aliphatic heterocycles. The number of carbonyl (C=O) groups excluding carboxylic acids is 2. The van der Waals surface area contributed by atoms with Gasteiger partial charge in [0.25, 0.3) is 0 Å². The first-order valence-corrected chi connectivity index (χ1v) is 15.4. The van der Waals surface area contributed by atoms with Gasteiger partial charge in [-0.3, -0.25) is 9.59 Å². The van der Waals surface area contributed by atoms with E-state index in [4.69, 9.17) is 14.2 Å². The molecule has 0 bridgehead atoms. The summed E-state index contributed by atoms with van der Waals surface area (Å²) in [4.78, 5) is 34.4. The molecule has 5 rings (SSSR count). The SMILES string of the molecule is COc1cc([C@H](C(=O)NC2CCCCC2)N(Cc2cccs2)C(=O)CCc2c[nH]c3ccccc23)cc(OC)c1OC. The van der Waals surface area contributed by atoms with E-state index in [0.717, 1.165) is 47.0 Å². The minimum atomic E-state index is -0.891. The van der Waals surface area contributed by atoms with Crippen LogP contribution in [0.25, 0.3) is 10.9 Å². The molecule has 222 valence electrons. The first kappa shape index (κ1) is 29.5. The monoisotopic (exact) mass is 589 g/mol. The number of hydrogen-bond donors (Lipinski definition) is 2. The third kappa shape index (κ3) is 6.57. The molecule has 0 radical (unpaired) electrons. The molecule has 0 unspecified atom stereocenters. The van der Waals surface area contributed by atoms with Crippen LogP contribution in [0, 0.1) is 0 Å². The van der Waals surface area contributed by atoms with E-state index in [9.17, 15) is 9.59 Å². The van der Waals surface area contributed by atoms with E-state index in [0.29, 0.717) is 35.8 Å². The molecule has 0 saturated heterocycles. The molecule has 42 heavy (non-hydrogen) atoms. The number of aryl methyl sites for hydroxylation is 1. The van der Waals surface area contributed by atoms with Crippen molar-refractivity contribution in [2.24, 2.45) is 0 Å². The summed E-state index contributed by atoms with van der Waals surface area (Å²) in [5, 5.41) is 6.37. The molecule has 1 atom stereocenters. The van der Waals surface area contributed by atoms with Gasteiger partial charge in [-0.05, 0) is 60.0 Å². The Morgan fingerprint density at radius 2 is 1.74 bits per heavy atom. The Morgan fingerprint density at radius 1 is 1.00 bits per heavy atom. The molecule has 2 amide bonds. The molecule has 9 heteroatoms. The first-order valence-electron chi connectivity index (χ1n) is 14.5. The average molecular weight is 590 g/mol. The maximum atomic E-state index is 14.2. The van der Waals surface area contributed by atoms with E-state index in [-0.39, 0.29) is 24.3 Å². The lowest BCUT2D eigenvalue weighted by Crippen LogP contribution is -2.46. The molecule has 2 heterocycles. The van der Waals surface area contributed by atoms with E-state index in [1.165, 1.54) is 6.42 Å². The van der Waals surface area contributed by atoms with Crippen molar-refractivity contribution < 1.29 is 23.8 Å². The standard InChI is InChI=1S/C33H39N3O5S/c1-39-28-18-23(19-29(40-2)32(28)41-3)31(33(38)35-24-10-5-4-6-11-24)36(21-25-12-9-17-42-25)30(37)16-15-22-20-34-27-14-8-7-13-26(22)27/h7-9,12-14,17-20,24,31,34H,4-6,10-11,15-16,21H2,1-3H3,(H,35,38)/t31-/m1/s1. The minimum absolute atomic E-state index is 0.0840. The number of ether oxygens (including phenoxy) is 3. The number of hydrogen-bond acceptors (Lipinski definition) is 6. The van der Waals surface area contributed by atoms with Gasteiger partial charge in [-0.15, -0.1) is 11.3 Å². The summed E-state index contributed by atoms with van der Waals surface area (Å²) < 4.78 is 16.8. The second-order valence-corrected chi connectivity index (χ2v) is 11.7. The molecule has 1 aliphatic carbocycles. The number of aromatic nitrogens is 1. The highest BCUT2D eigenvalue weighted by atomic mass is 32.1. The Kier molecular flexibility index (Phi) is 9.69. The zero-order valence-electron chi connectivity index (χ0n) is 24.5. The number of para-hydroxylation sites is 1. The number of aromatic amines is 1. The Labute approximate surface area is 251 Å². The van der Waals surface area contributed by atoms with Gasteiger partial charge in [-0.1, -0.05) is 43.5 Å². The zero-order valence-corrected chi connectivity index (χ0v) is 25.3. The molecule has 4 aromatic rings. The Morgan fingerprint density at radius 3 is 2.40 bits per heavy atom. The second-order valence-electron chi connectivity index (χ2n) is 10.7. The summed E-state index contributed by atoms with van der Waals surface area (Å²) in [6, 6.07) is 14.8. The van der Waals surface area contributed by atoms with E-state index in [1.54, 1.807) is 49.7 Å². The molecule has 1 aliphatic rings. The highest BCUT2D eigenvalue weighted by molar-refractivity contribution is 7.09. The van der Waals surface area contributed by atoms with Crippen LogP contribution in [0.1, 0.15) is 60.6 Å². The summed E-state index contributed by atoms with van der Waals surface area (Å²) in [6.45, 7) is 0.309. The predicted molar refractivity (Wildman–Crippen MR) is 165 cm³/mol. The van der Waals surface area contributed by atoms with Crippen LogP contribution in [0.5, 0.6) is 17.2 Å². The van der Waals surface area contributed by atoms with E-state index >= 15 is 0 Å². The number of H-pyrrole nitrogens is 1. The zero-order chi connectivity index (χ0) is 29.5. The van der Waals surface area contributed by atoms with Crippen LogP contribution in [0.3, 0.4) is 0 Å². The van der Waals surface area contributed by atoms with Gasteiger partial charge in [0.1, 0.15) is 6.04 Å². The van der Waals surface area contributed by atoms with Crippen molar-refractivity contribution in [3.05, 3.63) is 76.1 Å². The summed E-state index contributed by atoms with van der Waals surface area (Å²) >= 11 is 1.57. The molecular weight excluding hydrogens is 550 g/mol. The van der Waals surface area contributed by atoms with Gasteiger partial charge in [0.05, 0.1) is 27.9 Å². The Bertz CT molecular complexity index is 1470. The molecule has 8 nitrogen and oxygen atoms in total. The predicted octanol–water partition coefficient (Wildman–Crippen LogP) is 6.41. The molecule has 1 fully saturated rings. The smallest absolute Gasteiger partial charge is 0.247 e. The summed E-state index contributed by atoms with van der Waals surface area (Å²) in [7, 11) is 4.65. The first-order chi connectivity index (χ1) is 20.5. The summed E-state index contributed by atoms with van der Waals surface area (Å²) in [5.41, 5.74) is 2.72. The number of benzene rings is 2. The number of rotatable bonds is 12. The van der Waals surface area contributed by atoms with Gasteiger partial charge >= 0.3 is 0 Å². The van der Waals surface area contributed by atoms with Crippen molar-refractivity contribution in [2.45, 2.75) is 63.6 Å². The molecular formula is C33H39N3O5S. The van der Waals surface area contributed by atoms with Gasteiger partial charge in [0.2, 0.25) is 17.6 Å². The van der Waals surface area contributed by atoms with Gasteiger partial charge in [0.15, 0.2) is 11.5 Å². The fourth-order valence-corrected chi connectivity index (χ4v) is 6.58. The lowest BCUT2D eigenvalue weighted by molar-refractivity contribution is -0.142. The quantitative estimate of drug-likeness (QED) is 0.199. The van der Waals surface area contributed by atoms with E-state index in [2.05, 4.69) is 16.4 Å². The molecule has 2 N–H and O–H groups in total. The number of amides is 2. The number of nitrogens with zero attached hydrogens (tertiary/aromatic N) is 1. The topological polar surface area (TPSA) is 92.9 Å². The van der Waals surface area contributed by atoms with Crippen molar-refractivity contribution >= 4 is 34.1 Å². The molecule has 2 aromatic heterocycles. The van der Waals surface area contributed by atoms with Gasteiger partial charge in [-0.2, -0.15) is 0 Å². The van der Waals surface area contributed by atoms with Crippen LogP contribution in [0.2, 0.25) is 0 Å². The van der Waals surface area contributed by atoms with Crippen LogP contribution in [-0.4, -0.2) is 49.1 Å². The van der Waals surface area contributed by atoms with Gasteiger partial charge < -0.3 is 29.4 Å². The number of nitrogens with one attached hydrogen (secondary N) is 2. The second kappa shape index (κ2) is 13.8. The lowest BCUT2D eigenvalue weighted by atomic mass is 9.94. The molecule has 1 saturated carbocycles. The Hall–Kier alpha value is -3.98. The summed E-state index contributed by atoms with van der Waals surface area (Å²) in [5.74, 6) is 0.999. The van der Waals surface area contributed by atoms with Crippen molar-refractivity contribution in [1.82, 2.24) is 15.2 Å². The van der Waals surface area contributed by atoms with Crippen molar-refractivity contribution in [3.63, 3.8) is 0 Å². The fraction of sp³-hybridized carbons (Fsp3) is 0.394. The highest BCUT2D eigenvalue weighted by Gasteiger charge is 2.34. The number of carbonyl (C=O) groups is 2. The highest BCUT2D eigenvalue weighted by Crippen LogP contribution is 2.41. The maximum absolute atomic E-state index is 14.2. The molecule has 2 aromatic carbocycles. The van der Waals surface area contributed by atoms with Crippen LogP contribution in [-0.2, 0) is 22.6 Å².